The second-order valence-electron chi connectivity index (χ2n) is 7.41. The lowest BCUT2D eigenvalue weighted by Crippen LogP contribution is -2.36. The van der Waals surface area contributed by atoms with E-state index in [1.54, 1.807) is 13.0 Å². The summed E-state index contributed by atoms with van der Waals surface area (Å²) in [7, 11) is 0. The van der Waals surface area contributed by atoms with Gasteiger partial charge in [-0.15, -0.1) is 0 Å². The van der Waals surface area contributed by atoms with Crippen LogP contribution in [0.1, 0.15) is 11.3 Å². The van der Waals surface area contributed by atoms with E-state index >= 15 is 4.39 Å². The number of hydrogen-bond acceptors (Lipinski definition) is 6. The molecule has 0 radical (unpaired) electrons. The van der Waals surface area contributed by atoms with Crippen LogP contribution in [-0.2, 0) is 4.74 Å². The number of benzene rings is 2. The highest BCUT2D eigenvalue weighted by Crippen LogP contribution is 2.23. The molecule has 164 valence electrons. The van der Waals surface area contributed by atoms with Crippen LogP contribution in [-0.4, -0.2) is 42.3 Å². The zero-order valence-corrected chi connectivity index (χ0v) is 17.7. The lowest BCUT2D eigenvalue weighted by molar-refractivity contribution is 0.122. The van der Waals surface area contributed by atoms with Crippen LogP contribution in [0.5, 0.6) is 0 Å². The normalized spacial score (nSPS) is 14.3. The molecule has 0 saturated carbocycles. The number of nitrogens with one attached hydrogen (secondary N) is 2. The number of rotatable bonds is 6. The third kappa shape index (κ3) is 4.60. The van der Waals surface area contributed by atoms with Crippen LogP contribution in [0.4, 0.5) is 15.8 Å². The van der Waals surface area contributed by atoms with Crippen molar-refractivity contribution in [3.8, 4) is 5.69 Å². The van der Waals surface area contributed by atoms with Gasteiger partial charge in [-0.05, 0) is 43.3 Å². The molecular weight excluding hydrogens is 409 g/mol. The largest absolute Gasteiger partial charge is 0.378 e. The predicted octanol–water partition coefficient (Wildman–Crippen LogP) is 3.62. The molecule has 1 saturated heterocycles. The Kier molecular flexibility index (Phi) is 6.42. The Morgan fingerprint density at radius 1 is 1.19 bits per heavy atom. The van der Waals surface area contributed by atoms with Crippen molar-refractivity contribution in [2.24, 2.45) is 0 Å². The number of nitrogens with zero attached hydrogens (tertiary/aromatic N) is 3. The summed E-state index contributed by atoms with van der Waals surface area (Å²) >= 11 is 0. The van der Waals surface area contributed by atoms with Crippen LogP contribution in [0.15, 0.2) is 65.6 Å². The van der Waals surface area contributed by atoms with Crippen molar-refractivity contribution in [2.45, 2.75) is 6.92 Å². The number of morpholine rings is 1. The molecular formula is C24H24FN5O2. The fourth-order valence-electron chi connectivity index (χ4n) is 3.55. The number of halogens is 1. The van der Waals surface area contributed by atoms with Gasteiger partial charge in [-0.25, -0.2) is 9.07 Å². The van der Waals surface area contributed by atoms with Crippen LogP contribution >= 0.6 is 0 Å². The molecule has 2 aromatic carbocycles. The average Bonchev–Trinajstić information content (AvgIpc) is 2.82. The van der Waals surface area contributed by atoms with Gasteiger partial charge in [-0.3, -0.25) is 4.79 Å². The molecule has 1 aromatic heterocycles. The Bertz CT molecular complexity index is 1200. The summed E-state index contributed by atoms with van der Waals surface area (Å²) < 4.78 is 21.8. The van der Waals surface area contributed by atoms with E-state index in [1.807, 2.05) is 36.4 Å². The van der Waals surface area contributed by atoms with E-state index in [-0.39, 0.29) is 16.8 Å². The number of anilines is 2. The zero-order chi connectivity index (χ0) is 22.5. The van der Waals surface area contributed by atoms with Crippen LogP contribution in [0.3, 0.4) is 0 Å². The van der Waals surface area contributed by atoms with Gasteiger partial charge in [-0.2, -0.15) is 5.10 Å². The molecule has 0 bridgehead atoms. The Balaban J connectivity index is 1.72. The summed E-state index contributed by atoms with van der Waals surface area (Å²) in [6, 6.07) is 14.3. The molecule has 1 aliphatic heterocycles. The Morgan fingerprint density at radius 3 is 2.62 bits per heavy atom. The molecule has 8 heteroatoms. The topological polar surface area (TPSA) is 83.2 Å². The number of ether oxygens (including phenoxy) is 1. The maximum Gasteiger partial charge on any atom is 0.212 e. The lowest BCUT2D eigenvalue weighted by Gasteiger charge is -2.29. The van der Waals surface area contributed by atoms with Gasteiger partial charge < -0.3 is 20.4 Å². The minimum atomic E-state index is -0.441. The summed E-state index contributed by atoms with van der Waals surface area (Å²) in [5.74, 6) is -0.441. The standard InChI is InChI=1S/C24H24FN5O2/c1-17-16-30(22-8-7-19(15-20(22)25)29-11-13-32-14-12-29)28-23(24(17)31)21(9-10-26)27-18-5-3-2-4-6-18/h2-10,15-16,26-27H,11-14H2,1H3/b21-9-,26-10?. The second-order valence-corrected chi connectivity index (χ2v) is 7.41. The van der Waals surface area contributed by atoms with Crippen LogP contribution < -0.4 is 15.6 Å². The molecule has 0 unspecified atom stereocenters. The first kappa shape index (κ1) is 21.5. The molecule has 2 heterocycles. The summed E-state index contributed by atoms with van der Waals surface area (Å²) in [5, 5.41) is 15.0. The number of para-hydroxylation sites is 1. The monoisotopic (exact) mass is 433 g/mol. The first-order chi connectivity index (χ1) is 15.6. The minimum absolute atomic E-state index is 0.106. The molecule has 0 atom stereocenters. The van der Waals surface area contributed by atoms with E-state index in [1.165, 1.54) is 23.0 Å². The number of allylic oxidation sites excluding steroid dienone is 1. The van der Waals surface area contributed by atoms with Crippen molar-refractivity contribution >= 4 is 23.3 Å². The molecule has 3 aromatic rings. The maximum atomic E-state index is 15.1. The van der Waals surface area contributed by atoms with Crippen molar-refractivity contribution < 1.29 is 9.13 Å². The van der Waals surface area contributed by atoms with Crippen molar-refractivity contribution in [1.82, 2.24) is 9.78 Å². The van der Waals surface area contributed by atoms with E-state index in [9.17, 15) is 4.79 Å². The fraction of sp³-hybridized carbons (Fsp3) is 0.208. The molecule has 4 rings (SSSR count). The highest BCUT2D eigenvalue weighted by Gasteiger charge is 2.17. The molecule has 1 aliphatic rings. The number of aromatic nitrogens is 2. The van der Waals surface area contributed by atoms with E-state index in [0.29, 0.717) is 37.6 Å². The lowest BCUT2D eigenvalue weighted by atomic mass is 10.2. The third-order valence-electron chi connectivity index (χ3n) is 5.21. The number of hydrogen-bond donors (Lipinski definition) is 2. The van der Waals surface area contributed by atoms with Crippen LogP contribution in [0, 0.1) is 18.2 Å². The summed E-state index contributed by atoms with van der Waals surface area (Å²) in [6.07, 6.45) is 4.05. The molecule has 0 amide bonds. The minimum Gasteiger partial charge on any atom is -0.378 e. The molecule has 32 heavy (non-hydrogen) atoms. The predicted molar refractivity (Wildman–Crippen MR) is 124 cm³/mol. The SMILES string of the molecule is Cc1cn(-c2ccc(N3CCOCC3)cc2F)nc(/C(=C/C=N)Nc2ccccc2)c1=O. The van der Waals surface area contributed by atoms with Gasteiger partial charge in [0.15, 0.2) is 11.5 Å². The van der Waals surface area contributed by atoms with Gasteiger partial charge in [0.05, 0.1) is 18.9 Å². The molecule has 0 spiro atoms. The van der Waals surface area contributed by atoms with Gasteiger partial charge >= 0.3 is 0 Å². The summed E-state index contributed by atoms with van der Waals surface area (Å²) in [5.41, 5.74) is 2.35. The quantitative estimate of drug-likeness (QED) is 0.580. The number of aryl methyl sites for hydroxylation is 1. The molecule has 7 nitrogen and oxygen atoms in total. The second kappa shape index (κ2) is 9.57. The van der Waals surface area contributed by atoms with Crippen LogP contribution in [0.25, 0.3) is 11.4 Å². The molecule has 0 aliphatic carbocycles. The maximum absolute atomic E-state index is 15.1. The third-order valence-corrected chi connectivity index (χ3v) is 5.21. The van der Waals surface area contributed by atoms with Gasteiger partial charge in [0.1, 0.15) is 5.69 Å². The summed E-state index contributed by atoms with van der Waals surface area (Å²) in [6.45, 7) is 4.31. The first-order valence-electron chi connectivity index (χ1n) is 10.3. The van der Waals surface area contributed by atoms with Crippen molar-refractivity contribution in [1.29, 1.82) is 5.41 Å². The Morgan fingerprint density at radius 2 is 1.94 bits per heavy atom. The first-order valence-corrected chi connectivity index (χ1v) is 10.3. The summed E-state index contributed by atoms with van der Waals surface area (Å²) in [4.78, 5) is 14.9. The van der Waals surface area contributed by atoms with Gasteiger partial charge in [-0.1, -0.05) is 18.2 Å². The van der Waals surface area contributed by atoms with Crippen molar-refractivity contribution in [2.75, 3.05) is 36.5 Å². The van der Waals surface area contributed by atoms with E-state index in [2.05, 4.69) is 15.3 Å². The zero-order valence-electron chi connectivity index (χ0n) is 17.7. The van der Waals surface area contributed by atoms with Crippen LogP contribution in [0.2, 0.25) is 0 Å². The van der Waals surface area contributed by atoms with Gasteiger partial charge in [0.2, 0.25) is 5.43 Å². The van der Waals surface area contributed by atoms with E-state index < -0.39 is 5.82 Å². The Labute approximate surface area is 185 Å². The average molecular weight is 433 g/mol. The van der Waals surface area contributed by atoms with E-state index in [4.69, 9.17) is 10.1 Å². The van der Waals surface area contributed by atoms with Crippen molar-refractivity contribution in [3.63, 3.8) is 0 Å². The highest BCUT2D eigenvalue weighted by molar-refractivity contribution is 5.87. The molecule has 1 fully saturated rings. The van der Waals surface area contributed by atoms with E-state index in [0.717, 1.165) is 17.6 Å². The highest BCUT2D eigenvalue weighted by atomic mass is 19.1. The van der Waals surface area contributed by atoms with Gasteiger partial charge in [0, 0.05) is 42.4 Å². The Hall–Kier alpha value is -3.78. The van der Waals surface area contributed by atoms with Crippen molar-refractivity contribution in [3.05, 3.63) is 88.1 Å². The van der Waals surface area contributed by atoms with Gasteiger partial charge in [0.25, 0.3) is 0 Å². The molecule has 2 N–H and O–H groups in total. The smallest absolute Gasteiger partial charge is 0.212 e. The fourth-order valence-corrected chi connectivity index (χ4v) is 3.55.